The molecule has 4 rings (SSSR count). The molecule has 1 N–H and O–H groups in total. The maximum absolute atomic E-state index is 14.5. The molecule has 0 saturated carbocycles. The molecule has 2 amide bonds. The molecule has 0 bridgehead atoms. The molecule has 0 fully saturated rings. The fourth-order valence-electron chi connectivity index (χ4n) is 4.68. The van der Waals surface area contributed by atoms with Crippen LogP contribution in [-0.2, 0) is 32.6 Å². The summed E-state index contributed by atoms with van der Waals surface area (Å²) in [5, 5.41) is 3.59. The summed E-state index contributed by atoms with van der Waals surface area (Å²) in [6.45, 7) is 3.73. The van der Waals surface area contributed by atoms with Crippen LogP contribution in [0.15, 0.2) is 108 Å². The predicted molar refractivity (Wildman–Crippen MR) is 181 cm³/mol. The van der Waals surface area contributed by atoms with E-state index in [0.29, 0.717) is 17.1 Å². The Balaban J connectivity index is 1.82. The van der Waals surface area contributed by atoms with Crippen molar-refractivity contribution in [2.75, 3.05) is 17.4 Å². The summed E-state index contributed by atoms with van der Waals surface area (Å²) < 4.78 is 29.1. The van der Waals surface area contributed by atoms with Crippen LogP contribution in [0.3, 0.4) is 0 Å². The topological polar surface area (TPSA) is 86.8 Å². The number of nitrogens with zero attached hydrogens (tertiary/aromatic N) is 2. The van der Waals surface area contributed by atoms with E-state index in [9.17, 15) is 18.0 Å². The maximum Gasteiger partial charge on any atom is 0.264 e. The lowest BCUT2D eigenvalue weighted by molar-refractivity contribution is -0.140. The molecule has 0 unspecified atom stereocenters. The molecular formula is C34H34Cl3N3O4S. The third kappa shape index (κ3) is 9.01. The highest BCUT2D eigenvalue weighted by atomic mass is 35.5. The number of hydrogen-bond donors (Lipinski definition) is 1. The monoisotopic (exact) mass is 685 g/mol. The standard InChI is InChI=1S/C34H34Cl3N3O4S/c1-24(2)21-38-34(42)31(20-25-10-5-3-6-11-25)39(22-26-16-18-27(35)19-17-26)32(41)23-40(30-15-9-14-29(36)33(30)37)45(43,44)28-12-7-4-8-13-28/h3-19,24,31H,20-23H2,1-2H3,(H,38,42)/t31-/m1/s1. The largest absolute Gasteiger partial charge is 0.354 e. The number of hydrogen-bond acceptors (Lipinski definition) is 4. The van der Waals surface area contributed by atoms with Crippen LogP contribution in [0.2, 0.25) is 15.1 Å². The summed E-state index contributed by atoms with van der Waals surface area (Å²) in [6, 6.07) is 27.6. The fourth-order valence-corrected chi connectivity index (χ4v) is 6.70. The highest BCUT2D eigenvalue weighted by molar-refractivity contribution is 7.92. The number of rotatable bonds is 13. The molecule has 11 heteroatoms. The fraction of sp³-hybridized carbons (Fsp3) is 0.235. The van der Waals surface area contributed by atoms with Crippen LogP contribution < -0.4 is 9.62 Å². The van der Waals surface area contributed by atoms with E-state index in [0.717, 1.165) is 9.87 Å². The molecule has 4 aromatic carbocycles. The second kappa shape index (κ2) is 15.6. The SMILES string of the molecule is CC(C)CNC(=O)[C@@H](Cc1ccccc1)N(Cc1ccc(Cl)cc1)C(=O)CN(c1cccc(Cl)c1Cl)S(=O)(=O)c1ccccc1. The highest BCUT2D eigenvalue weighted by Crippen LogP contribution is 2.35. The Bertz CT molecular complexity index is 1700. The van der Waals surface area contributed by atoms with Gasteiger partial charge in [0.1, 0.15) is 12.6 Å². The lowest BCUT2D eigenvalue weighted by Crippen LogP contribution is -2.53. The molecule has 0 aliphatic rings. The first kappa shape index (κ1) is 34.3. The van der Waals surface area contributed by atoms with Gasteiger partial charge in [-0.05, 0) is 53.4 Å². The van der Waals surface area contributed by atoms with Crippen molar-refractivity contribution >= 4 is 62.3 Å². The van der Waals surface area contributed by atoms with Crippen LogP contribution in [0, 0.1) is 5.92 Å². The summed E-state index contributed by atoms with van der Waals surface area (Å²) in [5.41, 5.74) is 1.58. The van der Waals surface area contributed by atoms with Crippen molar-refractivity contribution in [2.24, 2.45) is 5.92 Å². The molecule has 7 nitrogen and oxygen atoms in total. The molecule has 0 radical (unpaired) electrons. The Labute approximate surface area is 279 Å². The van der Waals surface area contributed by atoms with Crippen molar-refractivity contribution in [3.05, 3.63) is 129 Å². The van der Waals surface area contributed by atoms with Crippen molar-refractivity contribution in [3.63, 3.8) is 0 Å². The van der Waals surface area contributed by atoms with E-state index in [2.05, 4.69) is 5.32 Å². The Hall–Kier alpha value is -3.56. The molecule has 45 heavy (non-hydrogen) atoms. The van der Waals surface area contributed by atoms with Gasteiger partial charge in [0.2, 0.25) is 11.8 Å². The zero-order valence-electron chi connectivity index (χ0n) is 24.9. The minimum Gasteiger partial charge on any atom is -0.354 e. The van der Waals surface area contributed by atoms with Crippen LogP contribution in [0.5, 0.6) is 0 Å². The Morgan fingerprint density at radius 3 is 2.02 bits per heavy atom. The number of amides is 2. The van der Waals surface area contributed by atoms with Gasteiger partial charge in [-0.15, -0.1) is 0 Å². The van der Waals surface area contributed by atoms with Gasteiger partial charge < -0.3 is 10.2 Å². The van der Waals surface area contributed by atoms with Crippen molar-refractivity contribution < 1.29 is 18.0 Å². The molecule has 0 aliphatic heterocycles. The molecule has 0 spiro atoms. The second-order valence-electron chi connectivity index (χ2n) is 10.9. The predicted octanol–water partition coefficient (Wildman–Crippen LogP) is 7.25. The molecule has 1 atom stereocenters. The number of carbonyl (C=O) groups excluding carboxylic acids is 2. The van der Waals surface area contributed by atoms with Gasteiger partial charge in [-0.3, -0.25) is 13.9 Å². The van der Waals surface area contributed by atoms with Gasteiger partial charge in [-0.2, -0.15) is 0 Å². The third-order valence-corrected chi connectivity index (χ3v) is 9.87. The zero-order chi connectivity index (χ0) is 32.6. The van der Waals surface area contributed by atoms with E-state index in [1.807, 2.05) is 44.2 Å². The molecular weight excluding hydrogens is 653 g/mol. The summed E-state index contributed by atoms with van der Waals surface area (Å²) in [5.74, 6) is -0.794. The number of carbonyl (C=O) groups is 2. The quantitative estimate of drug-likeness (QED) is 0.161. The number of nitrogens with one attached hydrogen (secondary N) is 1. The van der Waals surface area contributed by atoms with E-state index in [-0.39, 0.29) is 45.4 Å². The lowest BCUT2D eigenvalue weighted by Gasteiger charge is -2.34. The Morgan fingerprint density at radius 2 is 1.40 bits per heavy atom. The minimum atomic E-state index is -4.30. The third-order valence-electron chi connectivity index (χ3n) is 7.03. The Kier molecular flexibility index (Phi) is 11.9. The summed E-state index contributed by atoms with van der Waals surface area (Å²) >= 11 is 19.0. The summed E-state index contributed by atoms with van der Waals surface area (Å²) in [4.78, 5) is 29.7. The van der Waals surface area contributed by atoms with Crippen molar-refractivity contribution in [1.82, 2.24) is 10.2 Å². The average Bonchev–Trinajstić information content (AvgIpc) is 3.03. The first-order valence-corrected chi connectivity index (χ1v) is 16.9. The lowest BCUT2D eigenvalue weighted by atomic mass is 10.0. The Morgan fingerprint density at radius 1 is 0.778 bits per heavy atom. The number of benzene rings is 4. The van der Waals surface area contributed by atoms with E-state index in [4.69, 9.17) is 34.8 Å². The van der Waals surface area contributed by atoms with Crippen LogP contribution in [0.4, 0.5) is 5.69 Å². The molecule has 0 heterocycles. The first-order chi connectivity index (χ1) is 21.5. The average molecular weight is 687 g/mol. The number of halogens is 3. The van der Waals surface area contributed by atoms with E-state index in [1.54, 1.807) is 48.5 Å². The van der Waals surface area contributed by atoms with Gasteiger partial charge in [0.05, 0.1) is 20.6 Å². The maximum atomic E-state index is 14.5. The van der Waals surface area contributed by atoms with E-state index in [1.165, 1.54) is 29.2 Å². The van der Waals surface area contributed by atoms with Gasteiger partial charge in [0.25, 0.3) is 10.0 Å². The molecule has 236 valence electrons. The van der Waals surface area contributed by atoms with Gasteiger partial charge in [-0.1, -0.05) is 115 Å². The van der Waals surface area contributed by atoms with E-state index >= 15 is 0 Å². The number of sulfonamides is 1. The van der Waals surface area contributed by atoms with Crippen molar-refractivity contribution in [2.45, 2.75) is 37.8 Å². The normalized spacial score (nSPS) is 12.0. The minimum absolute atomic E-state index is 0.0190. The van der Waals surface area contributed by atoms with Crippen molar-refractivity contribution in [1.29, 1.82) is 0 Å². The summed E-state index contributed by atoms with van der Waals surface area (Å²) in [6.07, 6.45) is 0.202. The van der Waals surface area contributed by atoms with Gasteiger partial charge in [0, 0.05) is 24.5 Å². The van der Waals surface area contributed by atoms with Crippen LogP contribution in [0.1, 0.15) is 25.0 Å². The van der Waals surface area contributed by atoms with Crippen molar-refractivity contribution in [3.8, 4) is 0 Å². The smallest absolute Gasteiger partial charge is 0.264 e. The van der Waals surface area contributed by atoms with Gasteiger partial charge in [0.15, 0.2) is 0 Å². The molecule has 0 aromatic heterocycles. The van der Waals surface area contributed by atoms with Gasteiger partial charge >= 0.3 is 0 Å². The zero-order valence-corrected chi connectivity index (χ0v) is 28.0. The van der Waals surface area contributed by atoms with E-state index < -0.39 is 28.5 Å². The highest BCUT2D eigenvalue weighted by Gasteiger charge is 2.35. The van der Waals surface area contributed by atoms with Crippen LogP contribution in [0.25, 0.3) is 0 Å². The van der Waals surface area contributed by atoms with Gasteiger partial charge in [-0.25, -0.2) is 8.42 Å². The molecule has 4 aromatic rings. The second-order valence-corrected chi connectivity index (χ2v) is 14.0. The van der Waals surface area contributed by atoms with Crippen LogP contribution >= 0.6 is 34.8 Å². The molecule has 0 aliphatic carbocycles. The van der Waals surface area contributed by atoms with Crippen LogP contribution in [-0.4, -0.2) is 44.3 Å². The molecule has 0 saturated heterocycles. The first-order valence-electron chi connectivity index (χ1n) is 14.3. The number of anilines is 1. The summed E-state index contributed by atoms with van der Waals surface area (Å²) in [7, 11) is -4.30.